The monoisotopic (exact) mass is 325 g/mol. The van der Waals surface area contributed by atoms with Crippen LogP contribution in [0.25, 0.3) is 0 Å². The molecule has 0 saturated carbocycles. The van der Waals surface area contributed by atoms with E-state index in [9.17, 15) is 8.78 Å². The highest BCUT2D eigenvalue weighted by Gasteiger charge is 2.23. The number of hydrogen-bond donors (Lipinski definition) is 1. The van der Waals surface area contributed by atoms with Crippen LogP contribution in [0.5, 0.6) is 5.75 Å². The zero-order valence-electron chi connectivity index (χ0n) is 9.79. The van der Waals surface area contributed by atoms with E-state index in [1.54, 1.807) is 12.1 Å². The predicted molar refractivity (Wildman–Crippen MR) is 72.4 cm³/mol. The third-order valence-corrected chi connectivity index (χ3v) is 3.69. The quantitative estimate of drug-likeness (QED) is 0.845. The van der Waals surface area contributed by atoms with Crippen molar-refractivity contribution >= 4 is 21.6 Å². The lowest BCUT2D eigenvalue weighted by Crippen LogP contribution is -2.24. The van der Waals surface area contributed by atoms with Crippen molar-refractivity contribution in [2.75, 3.05) is 11.9 Å². The molecule has 1 aliphatic heterocycles. The van der Waals surface area contributed by atoms with Gasteiger partial charge < -0.3 is 10.1 Å². The highest BCUT2D eigenvalue weighted by Crippen LogP contribution is 2.36. The fraction of sp³-hybridized carbons (Fsp3) is 0.143. The maximum atomic E-state index is 13.2. The molecule has 0 bridgehead atoms. The van der Waals surface area contributed by atoms with Gasteiger partial charge in [-0.3, -0.25) is 0 Å². The van der Waals surface area contributed by atoms with Gasteiger partial charge >= 0.3 is 0 Å². The Kier molecular flexibility index (Phi) is 3.14. The zero-order chi connectivity index (χ0) is 13.4. The molecule has 2 aromatic carbocycles. The van der Waals surface area contributed by atoms with Gasteiger partial charge in [0.2, 0.25) is 0 Å². The standard InChI is InChI=1S/C14H10BrF2NO/c15-11-5-8(16)1-3-10(11)14-7-18-12-4-2-9(17)6-13(12)19-14/h1-6,14,18H,7H2. The van der Waals surface area contributed by atoms with Gasteiger partial charge in [0.1, 0.15) is 23.5 Å². The molecule has 1 N–H and O–H groups in total. The van der Waals surface area contributed by atoms with E-state index in [0.717, 1.165) is 11.3 Å². The summed E-state index contributed by atoms with van der Waals surface area (Å²) >= 11 is 3.32. The van der Waals surface area contributed by atoms with E-state index in [0.29, 0.717) is 16.8 Å². The third kappa shape index (κ3) is 2.42. The molecular formula is C14H10BrF2NO. The summed E-state index contributed by atoms with van der Waals surface area (Å²) in [4.78, 5) is 0. The van der Waals surface area contributed by atoms with Gasteiger partial charge in [0.05, 0.1) is 12.2 Å². The zero-order valence-corrected chi connectivity index (χ0v) is 11.4. The van der Waals surface area contributed by atoms with Gasteiger partial charge in [-0.25, -0.2) is 8.78 Å². The van der Waals surface area contributed by atoms with E-state index in [2.05, 4.69) is 21.2 Å². The second-order valence-electron chi connectivity index (χ2n) is 4.29. The van der Waals surface area contributed by atoms with Crippen molar-refractivity contribution in [1.82, 2.24) is 0 Å². The third-order valence-electron chi connectivity index (χ3n) is 3.00. The molecule has 3 rings (SSSR count). The largest absolute Gasteiger partial charge is 0.482 e. The minimum absolute atomic E-state index is 0.288. The van der Waals surface area contributed by atoms with Gasteiger partial charge in [0, 0.05) is 16.1 Å². The maximum absolute atomic E-state index is 13.2. The van der Waals surface area contributed by atoms with Crippen LogP contribution in [0.1, 0.15) is 11.7 Å². The molecule has 19 heavy (non-hydrogen) atoms. The fourth-order valence-corrected chi connectivity index (χ4v) is 2.68. The predicted octanol–water partition coefficient (Wildman–Crippen LogP) is 4.27. The van der Waals surface area contributed by atoms with Crippen molar-refractivity contribution in [2.24, 2.45) is 0 Å². The summed E-state index contributed by atoms with van der Waals surface area (Å²) in [5.74, 6) is -0.197. The molecule has 1 atom stereocenters. The number of benzene rings is 2. The van der Waals surface area contributed by atoms with Crippen LogP contribution in [0.4, 0.5) is 14.5 Å². The van der Waals surface area contributed by atoms with E-state index < -0.39 is 0 Å². The van der Waals surface area contributed by atoms with Crippen LogP contribution in [-0.4, -0.2) is 6.54 Å². The lowest BCUT2D eigenvalue weighted by Gasteiger charge is -2.28. The first-order valence-electron chi connectivity index (χ1n) is 5.78. The van der Waals surface area contributed by atoms with Crippen molar-refractivity contribution < 1.29 is 13.5 Å². The number of hydrogen-bond acceptors (Lipinski definition) is 2. The van der Waals surface area contributed by atoms with Crippen LogP contribution in [0, 0.1) is 11.6 Å². The van der Waals surface area contributed by atoms with E-state index in [1.807, 2.05) is 0 Å². The molecule has 1 unspecified atom stereocenters. The van der Waals surface area contributed by atoms with Crippen LogP contribution in [0.3, 0.4) is 0 Å². The molecule has 0 aliphatic carbocycles. The van der Waals surface area contributed by atoms with Crippen molar-refractivity contribution in [3.8, 4) is 5.75 Å². The summed E-state index contributed by atoms with van der Waals surface area (Å²) in [5, 5.41) is 3.17. The Morgan fingerprint density at radius 1 is 1.11 bits per heavy atom. The van der Waals surface area contributed by atoms with Crippen LogP contribution in [0.2, 0.25) is 0 Å². The molecule has 1 heterocycles. The van der Waals surface area contributed by atoms with Gasteiger partial charge in [-0.2, -0.15) is 0 Å². The van der Waals surface area contributed by atoms with Crippen molar-refractivity contribution in [2.45, 2.75) is 6.10 Å². The molecule has 0 amide bonds. The molecule has 0 spiro atoms. The van der Waals surface area contributed by atoms with Crippen molar-refractivity contribution in [3.63, 3.8) is 0 Å². The van der Waals surface area contributed by atoms with Gasteiger partial charge in [-0.15, -0.1) is 0 Å². The molecule has 0 aromatic heterocycles. The summed E-state index contributed by atoms with van der Waals surface area (Å²) in [6.07, 6.45) is -0.288. The fourth-order valence-electron chi connectivity index (χ4n) is 2.07. The van der Waals surface area contributed by atoms with Crippen LogP contribution in [-0.2, 0) is 0 Å². The Morgan fingerprint density at radius 3 is 2.63 bits per heavy atom. The van der Waals surface area contributed by atoms with Gasteiger partial charge in [0.15, 0.2) is 0 Å². The first kappa shape index (κ1) is 12.4. The molecule has 2 aromatic rings. The average Bonchev–Trinajstić information content (AvgIpc) is 2.38. The molecular weight excluding hydrogens is 316 g/mol. The van der Waals surface area contributed by atoms with Gasteiger partial charge in [-0.1, -0.05) is 22.0 Å². The maximum Gasteiger partial charge on any atom is 0.146 e. The van der Waals surface area contributed by atoms with Crippen LogP contribution in [0.15, 0.2) is 40.9 Å². The molecule has 0 radical (unpaired) electrons. The molecule has 0 saturated heterocycles. The Labute approximate surface area is 117 Å². The summed E-state index contributed by atoms with van der Waals surface area (Å²) in [6, 6.07) is 8.79. The average molecular weight is 326 g/mol. The number of rotatable bonds is 1. The molecule has 5 heteroatoms. The van der Waals surface area contributed by atoms with Gasteiger partial charge in [0.25, 0.3) is 0 Å². The summed E-state index contributed by atoms with van der Waals surface area (Å²) in [5.41, 5.74) is 1.58. The Hall–Kier alpha value is -1.62. The number of halogens is 3. The second kappa shape index (κ2) is 4.81. The van der Waals surface area contributed by atoms with Gasteiger partial charge in [-0.05, 0) is 24.3 Å². The Balaban J connectivity index is 1.93. The first-order valence-corrected chi connectivity index (χ1v) is 6.58. The number of ether oxygens (including phenoxy) is 1. The molecule has 1 aliphatic rings. The molecule has 0 fully saturated rings. The molecule has 98 valence electrons. The Morgan fingerprint density at radius 2 is 1.84 bits per heavy atom. The molecule has 2 nitrogen and oxygen atoms in total. The van der Waals surface area contributed by atoms with Crippen molar-refractivity contribution in [1.29, 1.82) is 0 Å². The van der Waals surface area contributed by atoms with Crippen LogP contribution < -0.4 is 10.1 Å². The minimum atomic E-state index is -0.348. The van der Waals surface area contributed by atoms with E-state index in [4.69, 9.17) is 4.74 Å². The lowest BCUT2D eigenvalue weighted by molar-refractivity contribution is 0.208. The topological polar surface area (TPSA) is 21.3 Å². The highest BCUT2D eigenvalue weighted by atomic mass is 79.9. The number of fused-ring (bicyclic) bond motifs is 1. The van der Waals surface area contributed by atoms with E-state index >= 15 is 0 Å². The number of anilines is 1. The lowest BCUT2D eigenvalue weighted by atomic mass is 10.1. The van der Waals surface area contributed by atoms with Crippen LogP contribution >= 0.6 is 15.9 Å². The summed E-state index contributed by atoms with van der Waals surface area (Å²) in [6.45, 7) is 0.545. The van der Waals surface area contributed by atoms with E-state index in [-0.39, 0.29) is 17.7 Å². The second-order valence-corrected chi connectivity index (χ2v) is 5.15. The highest BCUT2D eigenvalue weighted by molar-refractivity contribution is 9.10. The smallest absolute Gasteiger partial charge is 0.146 e. The normalized spacial score (nSPS) is 17.3. The minimum Gasteiger partial charge on any atom is -0.482 e. The first-order chi connectivity index (χ1) is 9.13. The van der Waals surface area contributed by atoms with E-state index in [1.165, 1.54) is 24.3 Å². The SMILES string of the molecule is Fc1ccc(C2CNc3ccc(F)cc3O2)c(Br)c1. The Bertz CT molecular complexity index is 633. The summed E-state index contributed by atoms with van der Waals surface area (Å²) in [7, 11) is 0. The van der Waals surface area contributed by atoms with Crippen molar-refractivity contribution in [3.05, 3.63) is 58.1 Å². The number of nitrogens with one attached hydrogen (secondary N) is 1. The summed E-state index contributed by atoms with van der Waals surface area (Å²) < 4.78 is 32.7.